The third-order valence-corrected chi connectivity index (χ3v) is 3.27. The first-order valence-corrected chi connectivity index (χ1v) is 6.79. The van der Waals surface area contributed by atoms with Gasteiger partial charge in [0, 0.05) is 10.2 Å². The van der Waals surface area contributed by atoms with Crippen molar-refractivity contribution in [2.75, 3.05) is 10.6 Å². The molecular formula is C15H13BrN2O2. The van der Waals surface area contributed by atoms with Crippen LogP contribution in [0.3, 0.4) is 0 Å². The quantitative estimate of drug-likeness (QED) is 0.828. The van der Waals surface area contributed by atoms with Gasteiger partial charge in [-0.25, -0.2) is 0 Å². The zero-order valence-corrected chi connectivity index (χ0v) is 12.4. The van der Waals surface area contributed by atoms with Crippen LogP contribution in [0.1, 0.15) is 5.56 Å². The number of benzene rings is 2. The Hall–Kier alpha value is -2.14. The smallest absolute Gasteiger partial charge is 0.314 e. The third kappa shape index (κ3) is 3.68. The van der Waals surface area contributed by atoms with Gasteiger partial charge in [0.25, 0.3) is 0 Å². The number of aryl methyl sites for hydroxylation is 1. The number of hydrogen-bond acceptors (Lipinski definition) is 2. The highest BCUT2D eigenvalue weighted by Crippen LogP contribution is 2.23. The van der Waals surface area contributed by atoms with Crippen LogP contribution in [-0.4, -0.2) is 11.8 Å². The van der Waals surface area contributed by atoms with Crippen molar-refractivity contribution in [3.05, 3.63) is 58.6 Å². The van der Waals surface area contributed by atoms with Crippen molar-refractivity contribution in [3.8, 4) is 0 Å². The molecule has 0 radical (unpaired) electrons. The summed E-state index contributed by atoms with van der Waals surface area (Å²) in [6.07, 6.45) is 0. The van der Waals surface area contributed by atoms with Gasteiger partial charge in [0.2, 0.25) is 0 Å². The average molecular weight is 333 g/mol. The largest absolute Gasteiger partial charge is 0.318 e. The van der Waals surface area contributed by atoms with Crippen molar-refractivity contribution in [1.29, 1.82) is 0 Å². The SMILES string of the molecule is Cc1ccc(NC(=O)C(=O)Nc2ccccc2)c(Br)c1. The summed E-state index contributed by atoms with van der Waals surface area (Å²) in [6, 6.07) is 14.3. The Morgan fingerprint density at radius 2 is 1.60 bits per heavy atom. The van der Waals surface area contributed by atoms with E-state index in [2.05, 4.69) is 26.6 Å². The molecule has 0 fully saturated rings. The maximum atomic E-state index is 11.8. The first-order chi connectivity index (χ1) is 9.56. The van der Waals surface area contributed by atoms with E-state index in [1.807, 2.05) is 25.1 Å². The Kier molecular flexibility index (Phi) is 4.53. The van der Waals surface area contributed by atoms with E-state index in [-0.39, 0.29) is 0 Å². The lowest BCUT2D eigenvalue weighted by molar-refractivity contribution is -0.133. The van der Waals surface area contributed by atoms with E-state index in [0.29, 0.717) is 11.4 Å². The third-order valence-electron chi connectivity index (χ3n) is 2.61. The summed E-state index contributed by atoms with van der Waals surface area (Å²) in [6.45, 7) is 1.94. The molecule has 20 heavy (non-hydrogen) atoms. The molecule has 0 spiro atoms. The molecule has 2 aromatic carbocycles. The lowest BCUT2D eigenvalue weighted by atomic mass is 10.2. The minimum Gasteiger partial charge on any atom is -0.318 e. The van der Waals surface area contributed by atoms with Crippen LogP contribution in [0.25, 0.3) is 0 Å². The second-order valence-electron chi connectivity index (χ2n) is 4.26. The summed E-state index contributed by atoms with van der Waals surface area (Å²) in [5.74, 6) is -1.41. The molecule has 102 valence electrons. The molecule has 5 heteroatoms. The highest BCUT2D eigenvalue weighted by Gasteiger charge is 2.15. The predicted octanol–water partition coefficient (Wildman–Crippen LogP) is 3.33. The first kappa shape index (κ1) is 14.3. The molecule has 0 heterocycles. The van der Waals surface area contributed by atoms with Crippen molar-refractivity contribution in [2.24, 2.45) is 0 Å². The minimum absolute atomic E-state index is 0.559. The molecule has 0 aliphatic heterocycles. The fourth-order valence-electron chi connectivity index (χ4n) is 1.61. The zero-order valence-electron chi connectivity index (χ0n) is 10.8. The van der Waals surface area contributed by atoms with Gasteiger partial charge in [-0.15, -0.1) is 0 Å². The molecule has 0 aliphatic carbocycles. The van der Waals surface area contributed by atoms with E-state index in [4.69, 9.17) is 0 Å². The number of carbonyl (C=O) groups is 2. The maximum Gasteiger partial charge on any atom is 0.314 e. The topological polar surface area (TPSA) is 58.2 Å². The van der Waals surface area contributed by atoms with E-state index >= 15 is 0 Å². The molecule has 0 bridgehead atoms. The zero-order chi connectivity index (χ0) is 14.5. The van der Waals surface area contributed by atoms with E-state index < -0.39 is 11.8 Å². The first-order valence-electron chi connectivity index (χ1n) is 6.00. The van der Waals surface area contributed by atoms with Crippen LogP contribution in [0.4, 0.5) is 11.4 Å². The molecule has 0 saturated carbocycles. The van der Waals surface area contributed by atoms with E-state index in [1.54, 1.807) is 30.3 Å². The number of amides is 2. The molecule has 0 saturated heterocycles. The Labute approximate surface area is 125 Å². The molecular weight excluding hydrogens is 320 g/mol. The Bertz CT molecular complexity index is 642. The van der Waals surface area contributed by atoms with E-state index in [1.165, 1.54) is 0 Å². The summed E-state index contributed by atoms with van der Waals surface area (Å²) < 4.78 is 0.735. The van der Waals surface area contributed by atoms with Crippen molar-refractivity contribution < 1.29 is 9.59 Å². The van der Waals surface area contributed by atoms with Crippen molar-refractivity contribution in [2.45, 2.75) is 6.92 Å². The molecule has 2 rings (SSSR count). The molecule has 0 aromatic heterocycles. The van der Waals surface area contributed by atoms with Crippen LogP contribution in [0.5, 0.6) is 0 Å². The Balaban J connectivity index is 2.03. The summed E-state index contributed by atoms with van der Waals surface area (Å²) >= 11 is 3.35. The van der Waals surface area contributed by atoms with Crippen LogP contribution < -0.4 is 10.6 Å². The molecule has 0 atom stereocenters. The van der Waals surface area contributed by atoms with E-state index in [9.17, 15) is 9.59 Å². The molecule has 2 amide bonds. The molecule has 2 N–H and O–H groups in total. The summed E-state index contributed by atoms with van der Waals surface area (Å²) in [7, 11) is 0. The lowest BCUT2D eigenvalue weighted by Crippen LogP contribution is -2.29. The highest BCUT2D eigenvalue weighted by atomic mass is 79.9. The van der Waals surface area contributed by atoms with E-state index in [0.717, 1.165) is 10.0 Å². The summed E-state index contributed by atoms with van der Waals surface area (Å²) in [4.78, 5) is 23.6. The van der Waals surface area contributed by atoms with Crippen LogP contribution in [0, 0.1) is 6.92 Å². The molecule has 2 aromatic rings. The number of anilines is 2. The Morgan fingerprint density at radius 1 is 0.950 bits per heavy atom. The Morgan fingerprint density at radius 3 is 2.25 bits per heavy atom. The van der Waals surface area contributed by atoms with Gasteiger partial charge in [0.1, 0.15) is 0 Å². The minimum atomic E-state index is -0.710. The molecule has 0 aliphatic rings. The maximum absolute atomic E-state index is 11.8. The van der Waals surface area contributed by atoms with Gasteiger partial charge in [-0.3, -0.25) is 9.59 Å². The highest BCUT2D eigenvalue weighted by molar-refractivity contribution is 9.10. The van der Waals surface area contributed by atoms with Gasteiger partial charge in [-0.2, -0.15) is 0 Å². The van der Waals surface area contributed by atoms with Crippen molar-refractivity contribution in [1.82, 2.24) is 0 Å². The van der Waals surface area contributed by atoms with Gasteiger partial charge in [0.15, 0.2) is 0 Å². The second kappa shape index (κ2) is 6.34. The van der Waals surface area contributed by atoms with Gasteiger partial charge < -0.3 is 10.6 Å². The van der Waals surface area contributed by atoms with Crippen LogP contribution in [0.2, 0.25) is 0 Å². The lowest BCUT2D eigenvalue weighted by Gasteiger charge is -2.08. The number of hydrogen-bond donors (Lipinski definition) is 2. The normalized spacial score (nSPS) is 9.90. The van der Waals surface area contributed by atoms with Crippen molar-refractivity contribution in [3.63, 3.8) is 0 Å². The second-order valence-corrected chi connectivity index (χ2v) is 5.11. The average Bonchev–Trinajstić information content (AvgIpc) is 2.43. The van der Waals surface area contributed by atoms with Crippen LogP contribution in [0.15, 0.2) is 53.0 Å². The number of carbonyl (C=O) groups excluding carboxylic acids is 2. The van der Waals surface area contributed by atoms with Crippen molar-refractivity contribution >= 4 is 39.1 Å². The fraction of sp³-hybridized carbons (Fsp3) is 0.0667. The number of nitrogens with one attached hydrogen (secondary N) is 2. The fourth-order valence-corrected chi connectivity index (χ4v) is 2.20. The van der Waals surface area contributed by atoms with Crippen LogP contribution >= 0.6 is 15.9 Å². The monoisotopic (exact) mass is 332 g/mol. The summed E-state index contributed by atoms with van der Waals surface area (Å²) in [5.41, 5.74) is 2.20. The van der Waals surface area contributed by atoms with Gasteiger partial charge in [0.05, 0.1) is 5.69 Å². The number of halogens is 1. The van der Waals surface area contributed by atoms with Crippen LogP contribution in [-0.2, 0) is 9.59 Å². The molecule has 0 unspecified atom stereocenters. The van der Waals surface area contributed by atoms with Gasteiger partial charge in [-0.05, 0) is 52.7 Å². The number of rotatable bonds is 2. The number of para-hydroxylation sites is 1. The molecule has 4 nitrogen and oxygen atoms in total. The standard InChI is InChI=1S/C15H13BrN2O2/c1-10-7-8-13(12(16)9-10)18-15(20)14(19)17-11-5-3-2-4-6-11/h2-9H,1H3,(H,17,19)(H,18,20). The summed E-state index contributed by atoms with van der Waals surface area (Å²) in [5, 5.41) is 5.09. The van der Waals surface area contributed by atoms with Gasteiger partial charge in [-0.1, -0.05) is 24.3 Å². The predicted molar refractivity (Wildman–Crippen MR) is 82.6 cm³/mol. The van der Waals surface area contributed by atoms with Gasteiger partial charge >= 0.3 is 11.8 Å².